The second kappa shape index (κ2) is 9.99. The van der Waals surface area contributed by atoms with Gasteiger partial charge >= 0.3 is 0 Å². The van der Waals surface area contributed by atoms with Crippen LogP contribution >= 0.6 is 0 Å². The molecule has 4 aromatic heterocycles. The number of fused-ring (bicyclic) bond motifs is 2. The summed E-state index contributed by atoms with van der Waals surface area (Å²) in [4.78, 5) is 36.4. The molecule has 1 amide bonds. The van der Waals surface area contributed by atoms with Gasteiger partial charge in [0, 0.05) is 48.8 Å². The van der Waals surface area contributed by atoms with Gasteiger partial charge in [0.1, 0.15) is 5.56 Å². The number of carbonyl (C=O) groups is 1. The molecule has 0 aliphatic carbocycles. The van der Waals surface area contributed by atoms with Crippen molar-refractivity contribution in [1.29, 1.82) is 0 Å². The standard InChI is InChI=1S/C30H26N8O2/c1-18(35-29(39)26-27(31)36-37-13-7-12-34-28(26)37)24-15-19-8-6-11-23(20-14-21(32-2)17-33-16-20)25(19)30(40)38(24)22-9-4-3-5-10-22/h3-18,32H,1-2H3,(H2,31,36)(H,35,39)/t18-/m0/s1. The van der Waals surface area contributed by atoms with E-state index in [0.29, 0.717) is 22.4 Å². The minimum absolute atomic E-state index is 0.0735. The van der Waals surface area contributed by atoms with Gasteiger partial charge in [-0.2, -0.15) is 0 Å². The van der Waals surface area contributed by atoms with E-state index < -0.39 is 11.9 Å². The van der Waals surface area contributed by atoms with Gasteiger partial charge in [-0.3, -0.25) is 19.1 Å². The molecule has 0 radical (unpaired) electrons. The minimum atomic E-state index is -0.569. The van der Waals surface area contributed by atoms with Crippen molar-refractivity contribution in [1.82, 2.24) is 29.5 Å². The van der Waals surface area contributed by atoms with E-state index in [-0.39, 0.29) is 16.9 Å². The number of nitrogens with zero attached hydrogens (tertiary/aromatic N) is 5. The molecule has 4 N–H and O–H groups in total. The average molecular weight is 531 g/mol. The smallest absolute Gasteiger partial charge is 0.263 e. The highest BCUT2D eigenvalue weighted by molar-refractivity contribution is 6.04. The molecule has 0 bridgehead atoms. The maximum Gasteiger partial charge on any atom is 0.263 e. The summed E-state index contributed by atoms with van der Waals surface area (Å²) < 4.78 is 3.11. The second-order valence-corrected chi connectivity index (χ2v) is 9.37. The molecule has 0 unspecified atom stereocenters. The normalized spacial score (nSPS) is 11.9. The maximum absolute atomic E-state index is 14.3. The highest BCUT2D eigenvalue weighted by Crippen LogP contribution is 2.30. The Morgan fingerprint density at radius 2 is 1.85 bits per heavy atom. The lowest BCUT2D eigenvalue weighted by atomic mass is 9.98. The number of anilines is 2. The molecule has 4 heterocycles. The largest absolute Gasteiger partial charge is 0.387 e. The number of hydrogen-bond acceptors (Lipinski definition) is 7. The third kappa shape index (κ3) is 4.21. The molecule has 2 aromatic carbocycles. The number of nitrogen functional groups attached to an aromatic ring is 1. The molecule has 6 rings (SSSR count). The zero-order chi connectivity index (χ0) is 27.8. The van der Waals surface area contributed by atoms with Crippen molar-refractivity contribution >= 4 is 33.8 Å². The number of hydrogen-bond donors (Lipinski definition) is 3. The fourth-order valence-electron chi connectivity index (χ4n) is 4.97. The van der Waals surface area contributed by atoms with Crippen LogP contribution in [0.3, 0.4) is 0 Å². The van der Waals surface area contributed by atoms with E-state index in [1.807, 2.05) is 74.6 Å². The van der Waals surface area contributed by atoms with Gasteiger partial charge in [-0.05, 0) is 48.2 Å². The number of pyridine rings is 2. The molecule has 0 fully saturated rings. The summed E-state index contributed by atoms with van der Waals surface area (Å²) in [6, 6.07) is 20.1. The topological polar surface area (TPSA) is 132 Å². The summed E-state index contributed by atoms with van der Waals surface area (Å²) in [5.41, 5.74) is 10.1. The predicted molar refractivity (Wildman–Crippen MR) is 156 cm³/mol. The fourth-order valence-corrected chi connectivity index (χ4v) is 4.97. The number of benzene rings is 2. The highest BCUT2D eigenvalue weighted by atomic mass is 16.2. The molecule has 1 atom stereocenters. The highest BCUT2D eigenvalue weighted by Gasteiger charge is 2.24. The van der Waals surface area contributed by atoms with E-state index in [1.54, 1.807) is 35.4 Å². The van der Waals surface area contributed by atoms with E-state index in [4.69, 9.17) is 5.73 Å². The zero-order valence-electron chi connectivity index (χ0n) is 21.9. The number of nitrogens with two attached hydrogens (primary N) is 1. The van der Waals surface area contributed by atoms with Crippen LogP contribution in [0.4, 0.5) is 11.5 Å². The number of nitrogens with one attached hydrogen (secondary N) is 2. The van der Waals surface area contributed by atoms with Crippen LogP contribution in [-0.2, 0) is 0 Å². The quantitative estimate of drug-likeness (QED) is 0.294. The van der Waals surface area contributed by atoms with Crippen LogP contribution in [0.5, 0.6) is 0 Å². The molecule has 0 spiro atoms. The van der Waals surface area contributed by atoms with E-state index in [1.165, 1.54) is 4.52 Å². The van der Waals surface area contributed by atoms with Crippen molar-refractivity contribution < 1.29 is 4.79 Å². The predicted octanol–water partition coefficient (Wildman–Crippen LogP) is 4.21. The first-order valence-electron chi connectivity index (χ1n) is 12.7. The third-order valence-corrected chi connectivity index (χ3v) is 6.87. The van der Waals surface area contributed by atoms with Gasteiger partial charge in [0.25, 0.3) is 11.5 Å². The SMILES string of the molecule is CNc1cncc(-c2cccc3cc([C@H](C)NC(=O)c4c(N)nn5cccnc45)n(-c4ccccc4)c(=O)c23)c1. The van der Waals surface area contributed by atoms with Crippen LogP contribution < -0.4 is 21.9 Å². The van der Waals surface area contributed by atoms with Gasteiger partial charge < -0.3 is 16.4 Å². The number of carbonyl (C=O) groups excluding carboxylic acids is 1. The van der Waals surface area contributed by atoms with Gasteiger partial charge in [0.05, 0.1) is 17.1 Å². The summed E-state index contributed by atoms with van der Waals surface area (Å²) in [7, 11) is 1.82. The van der Waals surface area contributed by atoms with Crippen molar-refractivity contribution in [3.05, 3.63) is 113 Å². The first-order chi connectivity index (χ1) is 19.5. The van der Waals surface area contributed by atoms with Gasteiger partial charge in [0.2, 0.25) is 0 Å². The third-order valence-electron chi connectivity index (χ3n) is 6.87. The first-order valence-corrected chi connectivity index (χ1v) is 12.7. The van der Waals surface area contributed by atoms with Crippen molar-refractivity contribution in [3.63, 3.8) is 0 Å². The van der Waals surface area contributed by atoms with Crippen LogP contribution in [0, 0.1) is 0 Å². The summed E-state index contributed by atoms with van der Waals surface area (Å²) in [6.45, 7) is 1.83. The van der Waals surface area contributed by atoms with E-state index in [2.05, 4.69) is 25.7 Å². The minimum Gasteiger partial charge on any atom is -0.387 e. The Morgan fingerprint density at radius 3 is 2.65 bits per heavy atom. The molecule has 0 saturated carbocycles. The molecule has 0 saturated heterocycles. The molecule has 10 heteroatoms. The molecular weight excluding hydrogens is 504 g/mol. The summed E-state index contributed by atoms with van der Waals surface area (Å²) >= 11 is 0. The Labute approximate surface area is 229 Å². The van der Waals surface area contributed by atoms with Crippen molar-refractivity contribution in [2.24, 2.45) is 0 Å². The summed E-state index contributed by atoms with van der Waals surface area (Å²) in [5.74, 6) is -0.362. The van der Waals surface area contributed by atoms with Crippen LogP contribution in [0.15, 0.2) is 96.3 Å². The van der Waals surface area contributed by atoms with Crippen molar-refractivity contribution in [3.8, 4) is 16.8 Å². The van der Waals surface area contributed by atoms with Crippen molar-refractivity contribution in [2.45, 2.75) is 13.0 Å². The lowest BCUT2D eigenvalue weighted by Gasteiger charge is -2.21. The molecular formula is C30H26N8O2. The molecule has 40 heavy (non-hydrogen) atoms. The fraction of sp³-hybridized carbons (Fsp3) is 0.100. The maximum atomic E-state index is 14.3. The van der Waals surface area contributed by atoms with Crippen LogP contribution in [0.1, 0.15) is 29.0 Å². The Hall–Kier alpha value is -5.51. The number of para-hydroxylation sites is 1. The molecule has 0 aliphatic rings. The van der Waals surface area contributed by atoms with Gasteiger partial charge in [-0.15, -0.1) is 5.10 Å². The van der Waals surface area contributed by atoms with Gasteiger partial charge in [0.15, 0.2) is 11.5 Å². The molecule has 0 aliphatic heterocycles. The van der Waals surface area contributed by atoms with Gasteiger partial charge in [-0.1, -0.05) is 36.4 Å². The average Bonchev–Trinajstić information content (AvgIpc) is 3.32. The van der Waals surface area contributed by atoms with Crippen LogP contribution in [0.2, 0.25) is 0 Å². The first kappa shape index (κ1) is 24.8. The Kier molecular flexibility index (Phi) is 6.19. The zero-order valence-corrected chi connectivity index (χ0v) is 21.9. The second-order valence-electron chi connectivity index (χ2n) is 9.37. The number of aromatic nitrogens is 5. The summed E-state index contributed by atoms with van der Waals surface area (Å²) in [5, 5.41) is 11.6. The molecule has 6 aromatic rings. The van der Waals surface area contributed by atoms with E-state index in [0.717, 1.165) is 22.2 Å². The monoisotopic (exact) mass is 530 g/mol. The lowest BCUT2D eigenvalue weighted by Crippen LogP contribution is -2.32. The molecule has 198 valence electrons. The summed E-state index contributed by atoms with van der Waals surface area (Å²) in [6.07, 6.45) is 6.72. The Morgan fingerprint density at radius 1 is 1.02 bits per heavy atom. The Bertz CT molecular complexity index is 1950. The number of rotatable bonds is 6. The lowest BCUT2D eigenvalue weighted by molar-refractivity contribution is 0.0941. The van der Waals surface area contributed by atoms with E-state index in [9.17, 15) is 9.59 Å². The van der Waals surface area contributed by atoms with Crippen molar-refractivity contribution in [2.75, 3.05) is 18.1 Å². The number of amides is 1. The van der Waals surface area contributed by atoms with Gasteiger partial charge in [-0.25, -0.2) is 9.50 Å². The molecule has 10 nitrogen and oxygen atoms in total. The van der Waals surface area contributed by atoms with E-state index >= 15 is 0 Å². The van der Waals surface area contributed by atoms with Crippen LogP contribution in [0.25, 0.3) is 33.2 Å². The Balaban J connectivity index is 1.51. The van der Waals surface area contributed by atoms with Crippen LogP contribution in [-0.4, -0.2) is 37.1 Å².